The first-order chi connectivity index (χ1) is 14.1. The molecule has 0 aliphatic carbocycles. The van der Waals surface area contributed by atoms with Crippen LogP contribution in [0.25, 0.3) is 0 Å². The molecule has 0 fully saturated rings. The fraction of sp³-hybridized carbons (Fsp3) is 0.556. The molecule has 0 atom stereocenters. The van der Waals surface area contributed by atoms with Gasteiger partial charge in [-0.1, -0.05) is 70.2 Å². The Morgan fingerprint density at radius 3 is 1.97 bits per heavy atom. The van der Waals surface area contributed by atoms with Crippen molar-refractivity contribution in [3.05, 3.63) is 65.7 Å². The average molecular weight is 412 g/mol. The second kappa shape index (κ2) is 11.0. The lowest BCUT2D eigenvalue weighted by molar-refractivity contribution is -0.0515. The second-order valence-electron chi connectivity index (χ2n) is 9.98. The van der Waals surface area contributed by atoms with Crippen LogP contribution in [0.15, 0.2) is 54.6 Å². The summed E-state index contributed by atoms with van der Waals surface area (Å²) in [5.41, 5.74) is 8.13. The van der Waals surface area contributed by atoms with Crippen molar-refractivity contribution in [2.24, 2.45) is 17.6 Å². The van der Waals surface area contributed by atoms with Gasteiger partial charge in [-0.25, -0.2) is 0 Å². The van der Waals surface area contributed by atoms with Crippen LogP contribution in [0, 0.1) is 11.8 Å². The normalized spacial score (nSPS) is 12.6. The van der Waals surface area contributed by atoms with E-state index in [-0.39, 0.29) is 11.1 Å². The lowest BCUT2D eigenvalue weighted by atomic mass is 9.85. The van der Waals surface area contributed by atoms with Crippen molar-refractivity contribution in [2.45, 2.75) is 71.9 Å². The molecule has 2 aromatic carbocycles. The largest absolute Gasteiger partial charge is 0.485 e. The van der Waals surface area contributed by atoms with Crippen LogP contribution in [0.5, 0.6) is 5.75 Å². The molecule has 0 unspecified atom stereocenters. The highest BCUT2D eigenvalue weighted by atomic mass is 16.5. The quantitative estimate of drug-likeness (QED) is 0.414. The first-order valence-electron chi connectivity index (χ1n) is 11.3. The van der Waals surface area contributed by atoms with Gasteiger partial charge in [0.2, 0.25) is 0 Å². The van der Waals surface area contributed by atoms with Crippen molar-refractivity contribution in [1.82, 2.24) is 0 Å². The van der Waals surface area contributed by atoms with Gasteiger partial charge in [-0.05, 0) is 68.2 Å². The van der Waals surface area contributed by atoms with E-state index in [0.717, 1.165) is 25.0 Å². The molecule has 0 bridgehead atoms. The molecule has 2 rings (SSSR count). The molecule has 30 heavy (non-hydrogen) atoms. The average Bonchev–Trinajstić information content (AvgIpc) is 2.64. The summed E-state index contributed by atoms with van der Waals surface area (Å²) in [6, 6.07) is 18.5. The summed E-state index contributed by atoms with van der Waals surface area (Å²) in [5, 5.41) is 0. The Bertz CT molecular complexity index is 737. The molecule has 0 saturated carbocycles. The Balaban J connectivity index is 2.10. The summed E-state index contributed by atoms with van der Waals surface area (Å²) in [6.07, 6.45) is 2.78. The van der Waals surface area contributed by atoms with Crippen molar-refractivity contribution in [1.29, 1.82) is 0 Å². The SMILES string of the molecule is CC(C)CC(COCCc1ccccc1C(C)(C)N)(CC(C)C)Oc1ccccc1. The Morgan fingerprint density at radius 1 is 0.833 bits per heavy atom. The van der Waals surface area contributed by atoms with Gasteiger partial charge < -0.3 is 15.2 Å². The van der Waals surface area contributed by atoms with Crippen LogP contribution in [-0.4, -0.2) is 18.8 Å². The van der Waals surface area contributed by atoms with Crippen molar-refractivity contribution < 1.29 is 9.47 Å². The molecule has 0 spiro atoms. The zero-order chi connectivity index (χ0) is 22.2. The number of ether oxygens (including phenoxy) is 2. The van der Waals surface area contributed by atoms with Crippen molar-refractivity contribution in [3.63, 3.8) is 0 Å². The van der Waals surface area contributed by atoms with Crippen LogP contribution in [-0.2, 0) is 16.7 Å². The number of benzene rings is 2. The number of nitrogens with two attached hydrogens (primary N) is 1. The molecule has 0 heterocycles. The highest BCUT2D eigenvalue weighted by molar-refractivity contribution is 5.32. The Morgan fingerprint density at radius 2 is 1.40 bits per heavy atom. The van der Waals surface area contributed by atoms with Crippen LogP contribution in [0.1, 0.15) is 65.5 Å². The number of hydrogen-bond donors (Lipinski definition) is 1. The van der Waals surface area contributed by atoms with E-state index in [1.54, 1.807) is 0 Å². The predicted octanol–water partition coefficient (Wildman–Crippen LogP) is 6.35. The predicted molar refractivity (Wildman–Crippen MR) is 127 cm³/mol. The van der Waals surface area contributed by atoms with E-state index in [4.69, 9.17) is 15.2 Å². The minimum absolute atomic E-state index is 0.323. The van der Waals surface area contributed by atoms with Gasteiger partial charge in [-0.2, -0.15) is 0 Å². The van der Waals surface area contributed by atoms with Crippen molar-refractivity contribution in [3.8, 4) is 5.75 Å². The minimum atomic E-state index is -0.355. The van der Waals surface area contributed by atoms with Crippen LogP contribution < -0.4 is 10.5 Å². The number of rotatable bonds is 12. The number of para-hydroxylation sites is 1. The minimum Gasteiger partial charge on any atom is -0.485 e. The zero-order valence-corrected chi connectivity index (χ0v) is 19.8. The van der Waals surface area contributed by atoms with E-state index in [1.165, 1.54) is 11.1 Å². The molecule has 166 valence electrons. The molecule has 0 radical (unpaired) electrons. The van der Waals surface area contributed by atoms with Gasteiger partial charge in [0.25, 0.3) is 0 Å². The van der Waals surface area contributed by atoms with Gasteiger partial charge in [-0.15, -0.1) is 0 Å². The Kier molecular flexibility index (Phi) is 8.93. The van der Waals surface area contributed by atoms with E-state index in [9.17, 15) is 0 Å². The molecule has 3 nitrogen and oxygen atoms in total. The molecule has 3 heteroatoms. The zero-order valence-electron chi connectivity index (χ0n) is 19.8. The standard InChI is InChI=1S/C27H41NO2/c1-21(2)18-27(19-22(3)4,30-24-13-8-7-9-14-24)20-29-17-16-23-12-10-11-15-25(23)26(5,6)28/h7-15,21-22H,16-20,28H2,1-6H3. The first kappa shape index (κ1) is 24.4. The lowest BCUT2D eigenvalue weighted by Crippen LogP contribution is -2.44. The maximum atomic E-state index is 6.61. The van der Waals surface area contributed by atoms with Crippen LogP contribution in [0.2, 0.25) is 0 Å². The van der Waals surface area contributed by atoms with E-state index in [2.05, 4.69) is 65.8 Å². The smallest absolute Gasteiger partial charge is 0.133 e. The van der Waals surface area contributed by atoms with Crippen LogP contribution in [0.3, 0.4) is 0 Å². The highest BCUT2D eigenvalue weighted by Gasteiger charge is 2.35. The summed E-state index contributed by atoms with van der Waals surface area (Å²) in [5.74, 6) is 1.96. The third kappa shape index (κ3) is 7.77. The molecule has 2 N–H and O–H groups in total. The van der Waals surface area contributed by atoms with Gasteiger partial charge in [0.15, 0.2) is 0 Å². The third-order valence-electron chi connectivity index (χ3n) is 5.23. The fourth-order valence-corrected chi connectivity index (χ4v) is 4.35. The van der Waals surface area contributed by atoms with E-state index >= 15 is 0 Å². The van der Waals surface area contributed by atoms with Gasteiger partial charge in [0.05, 0.1) is 13.2 Å². The Hall–Kier alpha value is -1.84. The van der Waals surface area contributed by atoms with Crippen molar-refractivity contribution >= 4 is 0 Å². The molecular weight excluding hydrogens is 370 g/mol. The summed E-state index contributed by atoms with van der Waals surface area (Å²) in [7, 11) is 0. The van der Waals surface area contributed by atoms with E-state index in [1.807, 2.05) is 30.3 Å². The van der Waals surface area contributed by atoms with Crippen LogP contribution >= 0.6 is 0 Å². The monoisotopic (exact) mass is 411 g/mol. The van der Waals surface area contributed by atoms with Gasteiger partial charge >= 0.3 is 0 Å². The maximum absolute atomic E-state index is 6.61. The van der Waals surface area contributed by atoms with Gasteiger partial charge in [0, 0.05) is 5.54 Å². The summed E-state index contributed by atoms with van der Waals surface area (Å²) < 4.78 is 12.9. The second-order valence-corrected chi connectivity index (χ2v) is 9.98. The molecular formula is C27H41NO2. The molecule has 0 aromatic heterocycles. The molecule has 0 amide bonds. The van der Waals surface area contributed by atoms with Gasteiger partial charge in [-0.3, -0.25) is 0 Å². The molecule has 0 aliphatic rings. The highest BCUT2D eigenvalue weighted by Crippen LogP contribution is 2.31. The molecule has 0 saturated heterocycles. The lowest BCUT2D eigenvalue weighted by Gasteiger charge is -2.37. The summed E-state index contributed by atoms with van der Waals surface area (Å²) in [6.45, 7) is 14.4. The van der Waals surface area contributed by atoms with E-state index < -0.39 is 0 Å². The van der Waals surface area contributed by atoms with E-state index in [0.29, 0.717) is 25.0 Å². The molecule has 2 aromatic rings. The summed E-state index contributed by atoms with van der Waals surface area (Å²) in [4.78, 5) is 0. The maximum Gasteiger partial charge on any atom is 0.133 e. The van der Waals surface area contributed by atoms with Crippen molar-refractivity contribution in [2.75, 3.05) is 13.2 Å². The topological polar surface area (TPSA) is 44.5 Å². The molecule has 0 aliphatic heterocycles. The Labute approximate surface area is 184 Å². The first-order valence-corrected chi connectivity index (χ1v) is 11.3. The van der Waals surface area contributed by atoms with Crippen LogP contribution in [0.4, 0.5) is 0 Å². The van der Waals surface area contributed by atoms with Gasteiger partial charge in [0.1, 0.15) is 11.4 Å². The third-order valence-corrected chi connectivity index (χ3v) is 5.23. The summed E-state index contributed by atoms with van der Waals surface area (Å²) >= 11 is 0. The number of hydrogen-bond acceptors (Lipinski definition) is 3. The fourth-order valence-electron chi connectivity index (χ4n) is 4.35.